The molecule has 0 radical (unpaired) electrons. The van der Waals surface area contributed by atoms with Crippen molar-refractivity contribution >= 4 is 67.1 Å². The maximum atomic E-state index is 13.2. The van der Waals surface area contributed by atoms with E-state index in [1.54, 1.807) is 24.3 Å². The highest BCUT2D eigenvalue weighted by Gasteiger charge is 2.58. The highest BCUT2D eigenvalue weighted by atomic mass is 32.3. The predicted octanol–water partition coefficient (Wildman–Crippen LogP) is 0.127. The zero-order valence-corrected chi connectivity index (χ0v) is 25.5. The van der Waals surface area contributed by atoms with Gasteiger partial charge in [0.05, 0.1) is 11.1 Å². The topological polar surface area (TPSA) is 271 Å². The van der Waals surface area contributed by atoms with Crippen LogP contribution >= 0.6 is 11.3 Å². The first-order chi connectivity index (χ1) is 21.2. The Morgan fingerprint density at radius 3 is 2.62 bits per heavy atom. The monoisotopic (exact) mass is 666 g/mol. The third-order valence-electron chi connectivity index (χ3n) is 6.40. The van der Waals surface area contributed by atoms with Crippen molar-refractivity contribution in [1.82, 2.24) is 20.3 Å². The van der Waals surface area contributed by atoms with Crippen LogP contribution in [0.2, 0.25) is 0 Å². The van der Waals surface area contributed by atoms with Crippen molar-refractivity contribution in [3.8, 4) is 5.75 Å². The van der Waals surface area contributed by atoms with Crippen LogP contribution in [0.4, 0.5) is 10.9 Å². The van der Waals surface area contributed by atoms with Crippen LogP contribution in [0.1, 0.15) is 26.0 Å². The van der Waals surface area contributed by atoms with Crippen LogP contribution in [0.3, 0.4) is 0 Å². The van der Waals surface area contributed by atoms with Gasteiger partial charge in [0.15, 0.2) is 10.8 Å². The second-order valence-electron chi connectivity index (χ2n) is 10.1. The molecule has 1 aromatic carbocycles. The lowest BCUT2D eigenvalue weighted by atomic mass is 9.84. The first-order valence-corrected chi connectivity index (χ1v) is 15.4. The summed E-state index contributed by atoms with van der Waals surface area (Å²) in [6.45, 7) is 3.44. The van der Waals surface area contributed by atoms with Gasteiger partial charge in [0.1, 0.15) is 29.9 Å². The lowest BCUT2D eigenvalue weighted by molar-refractivity contribution is -0.218. The summed E-state index contributed by atoms with van der Waals surface area (Å²) in [5.74, 6) is -2.48. The number of carbonyl (C=O) groups is 3. The van der Waals surface area contributed by atoms with Gasteiger partial charge in [-0.05, 0) is 57.1 Å². The molecule has 0 aliphatic carbocycles. The van der Waals surface area contributed by atoms with E-state index in [1.165, 1.54) is 19.2 Å². The summed E-state index contributed by atoms with van der Waals surface area (Å²) in [5, 5.41) is 21.5. The number of rotatable bonds is 15. The zero-order valence-electron chi connectivity index (χ0n) is 23.9. The lowest BCUT2D eigenvalue weighted by Crippen LogP contribution is -2.76. The van der Waals surface area contributed by atoms with Crippen molar-refractivity contribution in [2.75, 3.05) is 30.7 Å². The number of hydrogen-bond donors (Lipinski definition) is 6. The van der Waals surface area contributed by atoms with Crippen molar-refractivity contribution in [3.05, 3.63) is 41.4 Å². The van der Waals surface area contributed by atoms with Gasteiger partial charge in [-0.25, -0.2) is 14.8 Å². The fourth-order valence-corrected chi connectivity index (χ4v) is 5.07. The van der Waals surface area contributed by atoms with Gasteiger partial charge < -0.3 is 36.8 Å². The molecule has 1 unspecified atom stereocenters. The number of nitrogen functional groups attached to an aromatic ring is 1. The second-order valence-corrected chi connectivity index (χ2v) is 12.0. The van der Waals surface area contributed by atoms with Crippen molar-refractivity contribution in [2.24, 2.45) is 10.9 Å². The van der Waals surface area contributed by atoms with E-state index in [0.717, 1.165) is 23.1 Å². The number of ether oxygens (including phenoxy) is 1. The number of carboxylic acids is 1. The van der Waals surface area contributed by atoms with Gasteiger partial charge >= 0.3 is 16.4 Å². The molecule has 0 saturated carbocycles. The third kappa shape index (κ3) is 8.10. The number of hydrogen-bond acceptors (Lipinski definition) is 15. The Bertz CT molecular complexity index is 1730. The number of hydroxylamine groups is 2. The van der Waals surface area contributed by atoms with E-state index >= 15 is 0 Å². The number of benzene rings is 1. The summed E-state index contributed by atoms with van der Waals surface area (Å²) in [7, 11) is -5.02. The molecule has 3 aromatic rings. The van der Waals surface area contributed by atoms with Gasteiger partial charge in [0.2, 0.25) is 0 Å². The molecule has 3 heterocycles. The van der Waals surface area contributed by atoms with E-state index < -0.39 is 58.2 Å². The van der Waals surface area contributed by atoms with Crippen LogP contribution in [-0.4, -0.2) is 94.0 Å². The summed E-state index contributed by atoms with van der Waals surface area (Å²) >= 11 is 0.956. The molecule has 18 nitrogen and oxygen atoms in total. The predicted molar refractivity (Wildman–Crippen MR) is 160 cm³/mol. The van der Waals surface area contributed by atoms with Crippen molar-refractivity contribution < 1.29 is 46.3 Å². The zero-order chi connectivity index (χ0) is 32.9. The van der Waals surface area contributed by atoms with Crippen molar-refractivity contribution in [2.45, 2.75) is 38.0 Å². The summed E-state index contributed by atoms with van der Waals surface area (Å²) in [5.41, 5.74) is 9.83. The van der Waals surface area contributed by atoms with Gasteiger partial charge in [0, 0.05) is 17.3 Å². The molecule has 1 aliphatic rings. The lowest BCUT2D eigenvalue weighted by Gasteiger charge is -2.50. The Morgan fingerprint density at radius 2 is 2.00 bits per heavy atom. The molecule has 1 fully saturated rings. The maximum Gasteiger partial charge on any atom is 0.418 e. The van der Waals surface area contributed by atoms with Gasteiger partial charge in [-0.15, -0.1) is 15.6 Å². The van der Waals surface area contributed by atoms with Gasteiger partial charge in [-0.3, -0.25) is 14.1 Å². The number of nitrogens with one attached hydrogen (secondary N) is 2. The molecule has 2 aromatic heterocycles. The number of thiazole rings is 1. The van der Waals surface area contributed by atoms with E-state index in [1.807, 2.05) is 6.07 Å². The van der Waals surface area contributed by atoms with Gasteiger partial charge in [-0.2, -0.15) is 13.5 Å². The number of fused-ring (bicyclic) bond motifs is 1. The Morgan fingerprint density at radius 1 is 1.24 bits per heavy atom. The number of aliphatic carboxylic acids is 1. The molecule has 45 heavy (non-hydrogen) atoms. The summed E-state index contributed by atoms with van der Waals surface area (Å²) < 4.78 is 41.0. The molecule has 0 spiro atoms. The Hall–Kier alpha value is -4.63. The fraction of sp³-hybridized carbons (Fsp3) is 0.360. The van der Waals surface area contributed by atoms with E-state index in [4.69, 9.17) is 25.6 Å². The third-order valence-corrected chi connectivity index (χ3v) is 7.41. The number of nitrogens with zero attached hydrogens (tertiary/aromatic N) is 4. The largest absolute Gasteiger partial charge is 0.489 e. The number of carboxylic acid groups (broad SMARTS) is 1. The molecule has 2 amide bonds. The highest BCUT2D eigenvalue weighted by molar-refractivity contribution is 7.80. The molecule has 0 bridgehead atoms. The van der Waals surface area contributed by atoms with Crippen molar-refractivity contribution in [1.29, 1.82) is 0 Å². The standard InChI is InChI=1S/C25H30N8O10S2/c1-25(2)20(22(35)33(25)43-45(38,39)40)31-21(34)19(16-12-44-24(27)30-16)32-42-17(23(36)37)11-41-14-5-6-15-13(10-14)4-7-18(29-15)28-9-3-8-26/h4-7,10,12,17,20H,3,8-9,11,26H2,1-2H3,(H2,27,30)(H,28,29)(H,31,34)(H,36,37)(H,38,39,40)/b32-19-/t17?,20-/m1/s1. The normalized spacial score (nSPS) is 17.0. The maximum absolute atomic E-state index is 13.2. The molecule has 2 atom stereocenters. The van der Waals surface area contributed by atoms with Gasteiger partial charge in [-0.1, -0.05) is 5.16 Å². The number of β-lactam (4-membered cyclic amide) rings is 1. The number of pyridine rings is 1. The molecule has 1 saturated heterocycles. The first kappa shape index (κ1) is 33.3. The average Bonchev–Trinajstić information content (AvgIpc) is 3.41. The number of amides is 2. The molecular weight excluding hydrogens is 636 g/mol. The van der Waals surface area contributed by atoms with E-state index in [9.17, 15) is 27.9 Å². The van der Waals surface area contributed by atoms with Crippen LogP contribution in [0.15, 0.2) is 40.9 Å². The molecular formula is C25H30N8O10S2. The molecule has 1 aliphatic heterocycles. The number of carbonyl (C=O) groups excluding carboxylic acids is 2. The minimum absolute atomic E-state index is 0.0562. The SMILES string of the molecule is CC1(C)[C@H](NC(=O)/C(=N\OC(COc2ccc3nc(NCCCN)ccc3c2)C(=O)O)c2csc(N)n2)C(=O)N1OS(=O)(=O)O. The Balaban J connectivity index is 1.46. The van der Waals surface area contributed by atoms with Crippen LogP contribution in [0, 0.1) is 0 Å². The Kier molecular flexibility index (Phi) is 10.0. The quantitative estimate of drug-likeness (QED) is 0.0413. The van der Waals surface area contributed by atoms with Gasteiger partial charge in [0.25, 0.3) is 17.9 Å². The molecule has 242 valence electrons. The summed E-state index contributed by atoms with van der Waals surface area (Å²) in [6, 6.07) is 7.25. The first-order valence-electron chi connectivity index (χ1n) is 13.2. The summed E-state index contributed by atoms with van der Waals surface area (Å²) in [4.78, 5) is 51.3. The highest BCUT2D eigenvalue weighted by Crippen LogP contribution is 2.33. The number of oxime groups is 1. The number of anilines is 2. The van der Waals surface area contributed by atoms with E-state index in [0.29, 0.717) is 35.2 Å². The van der Waals surface area contributed by atoms with E-state index in [-0.39, 0.29) is 10.8 Å². The van der Waals surface area contributed by atoms with E-state index in [2.05, 4.69) is 30.0 Å². The summed E-state index contributed by atoms with van der Waals surface area (Å²) in [6.07, 6.45) is -0.897. The number of nitrogens with two attached hydrogens (primary N) is 2. The van der Waals surface area contributed by atoms with Crippen LogP contribution in [-0.2, 0) is 33.9 Å². The van der Waals surface area contributed by atoms with Crippen LogP contribution in [0.5, 0.6) is 5.75 Å². The smallest absolute Gasteiger partial charge is 0.418 e. The molecule has 8 N–H and O–H groups in total. The molecule has 4 rings (SSSR count). The average molecular weight is 667 g/mol. The molecule has 20 heteroatoms. The fourth-order valence-electron chi connectivity index (χ4n) is 4.07. The van der Waals surface area contributed by atoms with Crippen molar-refractivity contribution in [3.63, 3.8) is 0 Å². The number of aromatic nitrogens is 2. The van der Waals surface area contributed by atoms with Crippen LogP contribution < -0.4 is 26.8 Å². The minimum Gasteiger partial charge on any atom is -0.489 e. The van der Waals surface area contributed by atoms with Crippen LogP contribution in [0.25, 0.3) is 10.9 Å². The minimum atomic E-state index is -5.02. The Labute approximate surface area is 260 Å². The second kappa shape index (κ2) is 13.6.